The molecule has 2 aromatic heterocycles. The molecule has 1 saturated heterocycles. The van der Waals surface area contributed by atoms with Gasteiger partial charge in [0.2, 0.25) is 5.95 Å². The molecule has 7 nitrogen and oxygen atoms in total. The van der Waals surface area contributed by atoms with Gasteiger partial charge in [-0.25, -0.2) is 9.37 Å². The minimum atomic E-state index is -0.230. The zero-order valence-electron chi connectivity index (χ0n) is 15.5. The number of aromatic nitrogens is 4. The second-order valence-corrected chi connectivity index (χ2v) is 7.26. The number of nitrogens with zero attached hydrogens (tertiary/aromatic N) is 4. The lowest BCUT2D eigenvalue weighted by molar-refractivity contribution is 0.143. The summed E-state index contributed by atoms with van der Waals surface area (Å²) in [6.45, 7) is 2.49. The molecule has 2 aliphatic heterocycles. The Hall–Kier alpha value is -2.74. The lowest BCUT2D eigenvalue weighted by atomic mass is 9.94. The molecule has 1 fully saturated rings. The first kappa shape index (κ1) is 17.4. The van der Waals surface area contributed by atoms with E-state index in [1.54, 1.807) is 12.4 Å². The van der Waals surface area contributed by atoms with Gasteiger partial charge in [0.15, 0.2) is 5.65 Å². The van der Waals surface area contributed by atoms with Crippen molar-refractivity contribution in [2.24, 2.45) is 0 Å². The molecule has 1 aromatic carbocycles. The van der Waals surface area contributed by atoms with Gasteiger partial charge < -0.3 is 14.8 Å². The van der Waals surface area contributed by atoms with E-state index in [2.05, 4.69) is 20.5 Å². The second kappa shape index (κ2) is 7.35. The maximum atomic E-state index is 14.4. The summed E-state index contributed by atoms with van der Waals surface area (Å²) < 4.78 is 27.4. The van der Waals surface area contributed by atoms with Crippen LogP contribution in [-0.4, -0.2) is 39.4 Å². The predicted octanol–water partition coefficient (Wildman–Crippen LogP) is 3.09. The van der Waals surface area contributed by atoms with Crippen LogP contribution in [0.3, 0.4) is 0 Å². The number of benzene rings is 1. The number of hydrogen-bond acceptors (Lipinski definition) is 6. The largest absolute Gasteiger partial charge is 0.493 e. The number of rotatable bonds is 4. The molecule has 146 valence electrons. The number of anilines is 1. The van der Waals surface area contributed by atoms with E-state index in [0.717, 1.165) is 61.4 Å². The van der Waals surface area contributed by atoms with Gasteiger partial charge in [0.1, 0.15) is 17.9 Å². The Bertz CT molecular complexity index is 998. The highest BCUT2D eigenvalue weighted by Crippen LogP contribution is 2.32. The minimum absolute atomic E-state index is 0.230. The van der Waals surface area contributed by atoms with E-state index >= 15 is 0 Å². The first-order valence-electron chi connectivity index (χ1n) is 9.74. The van der Waals surface area contributed by atoms with E-state index in [4.69, 9.17) is 9.47 Å². The fraction of sp³-hybridized carbons (Fsp3) is 0.450. The van der Waals surface area contributed by atoms with Crippen molar-refractivity contribution in [2.75, 3.05) is 25.1 Å². The van der Waals surface area contributed by atoms with Crippen molar-refractivity contribution < 1.29 is 13.9 Å². The van der Waals surface area contributed by atoms with Crippen molar-refractivity contribution in [3.8, 4) is 5.75 Å². The average Bonchev–Trinajstić information content (AvgIpc) is 3.31. The van der Waals surface area contributed by atoms with Gasteiger partial charge >= 0.3 is 0 Å². The normalized spacial score (nSPS) is 19.2. The monoisotopic (exact) mass is 383 g/mol. The molecule has 0 aliphatic carbocycles. The van der Waals surface area contributed by atoms with Crippen LogP contribution in [0.1, 0.15) is 41.9 Å². The minimum Gasteiger partial charge on any atom is -0.493 e. The van der Waals surface area contributed by atoms with Gasteiger partial charge in [0.05, 0.1) is 6.61 Å². The summed E-state index contributed by atoms with van der Waals surface area (Å²) >= 11 is 0. The van der Waals surface area contributed by atoms with Gasteiger partial charge in [-0.05, 0) is 37.3 Å². The van der Waals surface area contributed by atoms with Crippen molar-refractivity contribution >= 4 is 11.6 Å². The summed E-state index contributed by atoms with van der Waals surface area (Å²) in [5.74, 6) is 1.51. The molecule has 2 aliphatic rings. The van der Waals surface area contributed by atoms with E-state index in [1.165, 1.54) is 6.07 Å². The number of hydrogen-bond donors (Lipinski definition) is 1. The van der Waals surface area contributed by atoms with Crippen molar-refractivity contribution in [3.63, 3.8) is 0 Å². The van der Waals surface area contributed by atoms with Crippen LogP contribution in [0.5, 0.6) is 5.75 Å². The highest BCUT2D eigenvalue weighted by atomic mass is 19.1. The Morgan fingerprint density at radius 3 is 3.14 bits per heavy atom. The van der Waals surface area contributed by atoms with Crippen molar-refractivity contribution in [2.45, 2.75) is 38.1 Å². The van der Waals surface area contributed by atoms with Gasteiger partial charge in [0, 0.05) is 49.1 Å². The van der Waals surface area contributed by atoms with Crippen molar-refractivity contribution in [1.29, 1.82) is 0 Å². The van der Waals surface area contributed by atoms with Crippen LogP contribution in [0.2, 0.25) is 0 Å². The topological polar surface area (TPSA) is 73.6 Å². The maximum Gasteiger partial charge on any atom is 0.210 e. The zero-order valence-corrected chi connectivity index (χ0v) is 15.5. The molecule has 0 amide bonds. The molecule has 1 atom stereocenters. The fourth-order valence-corrected chi connectivity index (χ4v) is 4.14. The van der Waals surface area contributed by atoms with E-state index in [9.17, 15) is 4.39 Å². The van der Waals surface area contributed by atoms with Crippen LogP contribution in [0.25, 0.3) is 5.65 Å². The van der Waals surface area contributed by atoms with Crippen LogP contribution < -0.4 is 10.1 Å². The molecule has 3 aromatic rings. The number of halogens is 1. The third kappa shape index (κ3) is 3.07. The van der Waals surface area contributed by atoms with Crippen molar-refractivity contribution in [1.82, 2.24) is 19.6 Å². The SMILES string of the molecule is Fc1ccc2c(c1CNc1ncc([C@@H]3CCCOCC3)c3nncn13)CCO2. The lowest BCUT2D eigenvalue weighted by Crippen LogP contribution is -2.11. The Morgan fingerprint density at radius 2 is 2.18 bits per heavy atom. The van der Waals surface area contributed by atoms with E-state index in [-0.39, 0.29) is 5.82 Å². The third-order valence-electron chi connectivity index (χ3n) is 5.62. The summed E-state index contributed by atoms with van der Waals surface area (Å²) in [7, 11) is 0. The first-order valence-corrected chi connectivity index (χ1v) is 9.74. The highest BCUT2D eigenvalue weighted by molar-refractivity contribution is 5.53. The van der Waals surface area contributed by atoms with Crippen LogP contribution in [0.15, 0.2) is 24.7 Å². The van der Waals surface area contributed by atoms with E-state index < -0.39 is 0 Å². The molecule has 4 heterocycles. The van der Waals surface area contributed by atoms with Gasteiger partial charge in [-0.2, -0.15) is 0 Å². The Kier molecular flexibility index (Phi) is 4.56. The van der Waals surface area contributed by atoms with Gasteiger partial charge in [0.25, 0.3) is 0 Å². The molecule has 0 spiro atoms. The lowest BCUT2D eigenvalue weighted by Gasteiger charge is -2.16. The molecule has 0 radical (unpaired) electrons. The predicted molar refractivity (Wildman–Crippen MR) is 101 cm³/mol. The smallest absolute Gasteiger partial charge is 0.210 e. The Morgan fingerprint density at radius 1 is 1.21 bits per heavy atom. The van der Waals surface area contributed by atoms with Crippen LogP contribution in [0, 0.1) is 5.82 Å². The third-order valence-corrected chi connectivity index (χ3v) is 5.62. The van der Waals surface area contributed by atoms with E-state index in [1.807, 2.05) is 10.6 Å². The zero-order chi connectivity index (χ0) is 18.9. The maximum absolute atomic E-state index is 14.4. The molecular weight excluding hydrogens is 361 g/mol. The summed E-state index contributed by atoms with van der Waals surface area (Å²) in [6, 6.07) is 3.16. The van der Waals surface area contributed by atoms with E-state index in [0.29, 0.717) is 30.6 Å². The summed E-state index contributed by atoms with van der Waals surface area (Å²) in [6.07, 6.45) is 7.29. The molecule has 1 N–H and O–H groups in total. The first-order chi connectivity index (χ1) is 13.8. The Balaban J connectivity index is 1.43. The quantitative estimate of drug-likeness (QED) is 0.746. The van der Waals surface area contributed by atoms with Gasteiger partial charge in [-0.1, -0.05) is 0 Å². The van der Waals surface area contributed by atoms with Crippen LogP contribution in [0.4, 0.5) is 10.3 Å². The summed E-state index contributed by atoms with van der Waals surface area (Å²) in [4.78, 5) is 4.60. The average molecular weight is 383 g/mol. The molecule has 0 saturated carbocycles. The molecule has 28 heavy (non-hydrogen) atoms. The summed E-state index contributed by atoms with van der Waals surface area (Å²) in [5.41, 5.74) is 3.45. The van der Waals surface area contributed by atoms with Gasteiger partial charge in [-0.3, -0.25) is 4.40 Å². The Labute approximate surface area is 161 Å². The number of nitrogens with one attached hydrogen (secondary N) is 1. The molecular formula is C20H22FN5O2. The molecule has 5 rings (SSSR count). The standard InChI is InChI=1S/C20H22FN5O2/c21-17-3-4-18-14(6-9-28-18)16(17)11-23-20-22-10-15(19-25-24-12-26(19)20)13-2-1-7-27-8-5-13/h3-4,10,12-13H,1-2,5-9,11H2,(H,22,23)/t13-/m1/s1. The molecule has 0 bridgehead atoms. The molecule has 0 unspecified atom stereocenters. The van der Waals surface area contributed by atoms with Crippen LogP contribution >= 0.6 is 0 Å². The van der Waals surface area contributed by atoms with Crippen LogP contribution in [-0.2, 0) is 17.7 Å². The number of ether oxygens (including phenoxy) is 2. The summed E-state index contributed by atoms with van der Waals surface area (Å²) in [5, 5.41) is 11.6. The highest BCUT2D eigenvalue weighted by Gasteiger charge is 2.22. The second-order valence-electron chi connectivity index (χ2n) is 7.26. The van der Waals surface area contributed by atoms with Gasteiger partial charge in [-0.15, -0.1) is 10.2 Å². The van der Waals surface area contributed by atoms with Crippen molar-refractivity contribution in [3.05, 3.63) is 47.2 Å². The molecule has 8 heteroatoms. The fourth-order valence-electron chi connectivity index (χ4n) is 4.14. The number of fused-ring (bicyclic) bond motifs is 2.